The number of fused-ring (bicyclic) bond motifs is 1. The summed E-state index contributed by atoms with van der Waals surface area (Å²) < 4.78 is 36.2. The maximum atomic E-state index is 6.19. The molecule has 4 saturated heterocycles. The van der Waals surface area contributed by atoms with Crippen LogP contribution in [0.15, 0.2) is 0 Å². The molecule has 0 amide bonds. The summed E-state index contributed by atoms with van der Waals surface area (Å²) in [4.78, 5) is 2.54. The van der Waals surface area contributed by atoms with Gasteiger partial charge in [-0.05, 0) is 73.0 Å². The van der Waals surface area contributed by atoms with E-state index in [-0.39, 0.29) is 24.4 Å². The minimum absolute atomic E-state index is 0.172. The van der Waals surface area contributed by atoms with Crippen LogP contribution in [-0.4, -0.2) is 80.0 Å². The van der Waals surface area contributed by atoms with Crippen LogP contribution < -0.4 is 0 Å². The first-order valence-electron chi connectivity index (χ1n) is 10.5. The first-order chi connectivity index (χ1) is 12.8. The molecule has 4 rings (SSSR count). The fourth-order valence-corrected chi connectivity index (χ4v) is 4.55. The number of hydrogen-bond donors (Lipinski definition) is 0. The number of unbranched alkanes of at least 4 members (excludes halogenated alkanes) is 1. The molecule has 4 fully saturated rings. The van der Waals surface area contributed by atoms with Gasteiger partial charge < -0.3 is 33.3 Å². The van der Waals surface area contributed by atoms with Crippen molar-refractivity contribution in [2.45, 2.75) is 95.7 Å². The molecular formula is C20H35NO6. The lowest BCUT2D eigenvalue weighted by atomic mass is 10.1. The van der Waals surface area contributed by atoms with Gasteiger partial charge in [-0.25, -0.2) is 0 Å². The molecule has 0 unspecified atom stereocenters. The largest absolute Gasteiger partial charge is 0.350 e. The van der Waals surface area contributed by atoms with Crippen LogP contribution in [0.4, 0.5) is 0 Å². The summed E-state index contributed by atoms with van der Waals surface area (Å²) in [6, 6.07) is 0. The molecule has 4 aliphatic rings. The average molecular weight is 386 g/mol. The highest BCUT2D eigenvalue weighted by molar-refractivity contribution is 4.99. The van der Waals surface area contributed by atoms with Gasteiger partial charge in [0.25, 0.3) is 0 Å². The van der Waals surface area contributed by atoms with Crippen LogP contribution >= 0.6 is 0 Å². The lowest BCUT2D eigenvalue weighted by Gasteiger charge is -2.27. The van der Waals surface area contributed by atoms with Crippen LogP contribution in [0.25, 0.3) is 0 Å². The fourth-order valence-electron chi connectivity index (χ4n) is 4.55. The molecule has 0 N–H and O–H groups in total. The summed E-state index contributed by atoms with van der Waals surface area (Å²) in [5.74, 6) is -1.23. The van der Waals surface area contributed by atoms with Gasteiger partial charge in [0, 0.05) is 6.61 Å². The van der Waals surface area contributed by atoms with Crippen LogP contribution in [0.5, 0.6) is 0 Å². The van der Waals surface area contributed by atoms with Crippen LogP contribution in [0.1, 0.15) is 53.4 Å². The number of likely N-dealkylation sites (tertiary alicyclic amines) is 1. The zero-order valence-corrected chi connectivity index (χ0v) is 17.1. The van der Waals surface area contributed by atoms with E-state index in [4.69, 9.17) is 28.4 Å². The van der Waals surface area contributed by atoms with Crippen molar-refractivity contribution in [1.82, 2.24) is 4.90 Å². The van der Waals surface area contributed by atoms with E-state index in [1.54, 1.807) is 0 Å². The van der Waals surface area contributed by atoms with E-state index < -0.39 is 17.9 Å². The maximum Gasteiger partial charge on any atom is 0.187 e. The Bertz CT molecular complexity index is 507. The monoisotopic (exact) mass is 385 g/mol. The topological polar surface area (TPSA) is 58.6 Å². The molecule has 7 heteroatoms. The molecule has 0 bridgehead atoms. The van der Waals surface area contributed by atoms with Gasteiger partial charge in [0.1, 0.15) is 24.4 Å². The number of rotatable bonds is 7. The molecule has 5 atom stereocenters. The lowest BCUT2D eigenvalue weighted by Crippen LogP contribution is -2.40. The quantitative estimate of drug-likeness (QED) is 0.623. The van der Waals surface area contributed by atoms with Crippen molar-refractivity contribution < 1.29 is 28.4 Å². The van der Waals surface area contributed by atoms with Crippen molar-refractivity contribution >= 4 is 0 Å². The van der Waals surface area contributed by atoms with E-state index >= 15 is 0 Å². The van der Waals surface area contributed by atoms with E-state index in [0.29, 0.717) is 13.2 Å². The minimum atomic E-state index is -0.635. The zero-order valence-electron chi connectivity index (χ0n) is 17.1. The van der Waals surface area contributed by atoms with Crippen molar-refractivity contribution in [3.05, 3.63) is 0 Å². The molecule has 4 aliphatic heterocycles. The lowest BCUT2D eigenvalue weighted by molar-refractivity contribution is -0.247. The first kappa shape index (κ1) is 20.0. The predicted molar refractivity (Wildman–Crippen MR) is 98.3 cm³/mol. The number of hydrogen-bond acceptors (Lipinski definition) is 7. The Hall–Kier alpha value is -0.280. The molecule has 0 radical (unpaired) electrons. The van der Waals surface area contributed by atoms with Gasteiger partial charge in [-0.15, -0.1) is 0 Å². The molecule has 0 spiro atoms. The Kier molecular flexibility index (Phi) is 5.82. The molecule has 156 valence electrons. The number of ether oxygens (including phenoxy) is 6. The van der Waals surface area contributed by atoms with Gasteiger partial charge >= 0.3 is 0 Å². The molecule has 27 heavy (non-hydrogen) atoms. The van der Waals surface area contributed by atoms with Crippen molar-refractivity contribution in [1.29, 1.82) is 0 Å². The maximum absolute atomic E-state index is 6.19. The smallest absolute Gasteiger partial charge is 0.187 e. The van der Waals surface area contributed by atoms with Crippen LogP contribution in [0.2, 0.25) is 0 Å². The third kappa shape index (κ3) is 4.66. The summed E-state index contributed by atoms with van der Waals surface area (Å²) in [5.41, 5.74) is 0. The fraction of sp³-hybridized carbons (Fsp3) is 1.00. The van der Waals surface area contributed by atoms with Crippen LogP contribution in [0, 0.1) is 0 Å². The molecule has 7 nitrogen and oxygen atoms in total. The second-order valence-electron chi connectivity index (χ2n) is 9.03. The summed E-state index contributed by atoms with van der Waals surface area (Å²) in [6.45, 7) is 12.5. The van der Waals surface area contributed by atoms with E-state index in [1.165, 1.54) is 32.5 Å². The highest BCUT2D eigenvalue weighted by atomic mass is 16.8. The third-order valence-corrected chi connectivity index (χ3v) is 5.79. The third-order valence-electron chi connectivity index (χ3n) is 5.79. The molecule has 0 aliphatic carbocycles. The molecule has 4 heterocycles. The van der Waals surface area contributed by atoms with E-state index in [1.807, 2.05) is 27.7 Å². The highest BCUT2D eigenvalue weighted by Crippen LogP contribution is 2.42. The minimum Gasteiger partial charge on any atom is -0.350 e. The molecule has 0 saturated carbocycles. The number of nitrogens with zero attached hydrogens (tertiary/aromatic N) is 1. The van der Waals surface area contributed by atoms with Crippen molar-refractivity contribution in [3.8, 4) is 0 Å². The second kappa shape index (κ2) is 7.86. The van der Waals surface area contributed by atoms with Crippen LogP contribution in [0.3, 0.4) is 0 Å². The first-order valence-corrected chi connectivity index (χ1v) is 10.5. The molecule has 0 aromatic carbocycles. The predicted octanol–water partition coefficient (Wildman–Crippen LogP) is 2.28. The normalized spacial score (nSPS) is 40.7. The van der Waals surface area contributed by atoms with Gasteiger partial charge in [0.15, 0.2) is 17.9 Å². The molecule has 0 aromatic rings. The summed E-state index contributed by atoms with van der Waals surface area (Å²) in [6.07, 6.45) is 3.61. The second-order valence-corrected chi connectivity index (χ2v) is 9.03. The SMILES string of the molecule is CC1(C)O[C@@H]2[C@H](O1)[C@@H](OCCCCN1CCCC1)O[C@@H]2[C@H]1COC(C)(C)O1. The van der Waals surface area contributed by atoms with Crippen molar-refractivity contribution in [2.75, 3.05) is 32.8 Å². The molecule has 0 aromatic heterocycles. The van der Waals surface area contributed by atoms with Gasteiger partial charge in [0.2, 0.25) is 0 Å². The van der Waals surface area contributed by atoms with Crippen LogP contribution in [-0.2, 0) is 28.4 Å². The van der Waals surface area contributed by atoms with Crippen molar-refractivity contribution in [2.24, 2.45) is 0 Å². The van der Waals surface area contributed by atoms with Gasteiger partial charge in [0.05, 0.1) is 6.61 Å². The summed E-state index contributed by atoms with van der Waals surface area (Å²) in [5, 5.41) is 0. The summed E-state index contributed by atoms with van der Waals surface area (Å²) >= 11 is 0. The Morgan fingerprint density at radius 2 is 1.63 bits per heavy atom. The van der Waals surface area contributed by atoms with E-state index in [0.717, 1.165) is 12.8 Å². The summed E-state index contributed by atoms with van der Waals surface area (Å²) in [7, 11) is 0. The van der Waals surface area contributed by atoms with Gasteiger partial charge in [-0.1, -0.05) is 0 Å². The van der Waals surface area contributed by atoms with E-state index in [9.17, 15) is 0 Å². The Morgan fingerprint density at radius 3 is 2.33 bits per heavy atom. The Morgan fingerprint density at radius 1 is 0.889 bits per heavy atom. The van der Waals surface area contributed by atoms with E-state index in [2.05, 4.69) is 4.90 Å². The highest BCUT2D eigenvalue weighted by Gasteiger charge is 2.59. The Labute approximate surface area is 162 Å². The zero-order chi connectivity index (χ0) is 19.1. The van der Waals surface area contributed by atoms with Crippen molar-refractivity contribution in [3.63, 3.8) is 0 Å². The average Bonchev–Trinajstić information content (AvgIpc) is 3.33. The van der Waals surface area contributed by atoms with Gasteiger partial charge in [-0.3, -0.25) is 0 Å². The standard InChI is InChI=1S/C20H35NO6/c1-19(2)23-13-14(25-19)15-16-17(27-20(3,4)26-16)18(24-15)22-12-8-7-11-21-9-5-6-10-21/h14-18H,5-13H2,1-4H3/t14-,15-,16+,17+,18+/m1/s1. The van der Waals surface area contributed by atoms with Gasteiger partial charge in [-0.2, -0.15) is 0 Å². The molecular weight excluding hydrogens is 350 g/mol. The Balaban J connectivity index is 1.28.